The summed E-state index contributed by atoms with van der Waals surface area (Å²) in [6, 6.07) is 5.01. The van der Waals surface area contributed by atoms with Crippen LogP contribution in [-0.4, -0.2) is 77.3 Å². The molecule has 8 heteroatoms. The van der Waals surface area contributed by atoms with Gasteiger partial charge in [0.25, 0.3) is 5.91 Å². The molecule has 26 heavy (non-hydrogen) atoms. The molecule has 0 saturated carbocycles. The summed E-state index contributed by atoms with van der Waals surface area (Å²) in [7, 11) is -3.12. The predicted octanol–water partition coefficient (Wildman–Crippen LogP) is 1.14. The van der Waals surface area contributed by atoms with Gasteiger partial charge in [-0.25, -0.2) is 13.4 Å². The molecule has 140 valence electrons. The van der Waals surface area contributed by atoms with Crippen LogP contribution in [0.3, 0.4) is 0 Å². The lowest BCUT2D eigenvalue weighted by molar-refractivity contribution is 0.0297. The largest absolute Gasteiger partial charge is 0.345 e. The highest BCUT2D eigenvalue weighted by Gasteiger charge is 2.48. The summed E-state index contributed by atoms with van der Waals surface area (Å²) in [6.07, 6.45) is 1.60. The molecule has 0 radical (unpaired) electrons. The van der Waals surface area contributed by atoms with Gasteiger partial charge in [-0.2, -0.15) is 0 Å². The van der Waals surface area contributed by atoms with Crippen LogP contribution in [0.5, 0.6) is 0 Å². The Morgan fingerprint density at radius 3 is 2.81 bits per heavy atom. The number of imidazole rings is 1. The van der Waals surface area contributed by atoms with Crippen LogP contribution in [0.4, 0.5) is 0 Å². The highest BCUT2D eigenvalue weighted by Crippen LogP contribution is 2.29. The molecule has 2 aliphatic heterocycles. The first-order valence-corrected chi connectivity index (χ1v) is 10.8. The van der Waals surface area contributed by atoms with E-state index in [1.54, 1.807) is 23.4 Å². The fourth-order valence-corrected chi connectivity index (χ4v) is 6.22. The Kier molecular flexibility index (Phi) is 4.27. The Labute approximate surface area is 153 Å². The Morgan fingerprint density at radius 1 is 1.27 bits per heavy atom. The second-order valence-corrected chi connectivity index (χ2v) is 9.89. The van der Waals surface area contributed by atoms with Gasteiger partial charge in [0, 0.05) is 31.2 Å². The Bertz CT molecular complexity index is 937. The van der Waals surface area contributed by atoms with Crippen molar-refractivity contribution in [3.8, 4) is 0 Å². The van der Waals surface area contributed by atoms with E-state index in [4.69, 9.17) is 0 Å². The van der Waals surface area contributed by atoms with E-state index in [1.165, 1.54) is 0 Å². The normalized spacial score (nSPS) is 25.7. The second kappa shape index (κ2) is 6.35. The smallest absolute Gasteiger partial charge is 0.254 e. The summed E-state index contributed by atoms with van der Waals surface area (Å²) in [5, 5.41) is 0. The third-order valence-corrected chi connectivity index (χ3v) is 7.02. The van der Waals surface area contributed by atoms with E-state index in [2.05, 4.69) is 28.7 Å². The molecule has 2 atom stereocenters. The highest BCUT2D eigenvalue weighted by atomic mass is 32.2. The number of benzene rings is 1. The number of aromatic amines is 1. The molecule has 0 bridgehead atoms. The Morgan fingerprint density at radius 2 is 2.04 bits per heavy atom. The van der Waals surface area contributed by atoms with Crippen LogP contribution in [0, 0.1) is 5.92 Å². The third kappa shape index (κ3) is 3.12. The minimum absolute atomic E-state index is 0.0598. The van der Waals surface area contributed by atoms with Gasteiger partial charge in [-0.1, -0.05) is 13.8 Å². The number of hydrogen-bond donors (Lipinski definition) is 1. The Hall–Kier alpha value is -1.93. The maximum Gasteiger partial charge on any atom is 0.254 e. The van der Waals surface area contributed by atoms with Crippen LogP contribution < -0.4 is 0 Å². The van der Waals surface area contributed by atoms with Gasteiger partial charge in [-0.3, -0.25) is 9.69 Å². The number of hydrogen-bond acceptors (Lipinski definition) is 5. The first-order chi connectivity index (χ1) is 12.3. The van der Waals surface area contributed by atoms with Crippen molar-refractivity contribution >= 4 is 26.8 Å². The molecule has 1 aromatic heterocycles. The second-order valence-electron chi connectivity index (χ2n) is 7.73. The van der Waals surface area contributed by atoms with Crippen LogP contribution in [-0.2, 0) is 9.84 Å². The van der Waals surface area contributed by atoms with Gasteiger partial charge in [0.2, 0.25) is 0 Å². The number of nitrogens with zero attached hydrogens (tertiary/aromatic N) is 3. The molecule has 3 heterocycles. The molecule has 2 aliphatic rings. The number of piperazine rings is 1. The number of H-pyrrole nitrogens is 1. The lowest BCUT2D eigenvalue weighted by Gasteiger charge is -2.44. The molecule has 7 nitrogen and oxygen atoms in total. The molecular weight excluding hydrogens is 352 g/mol. The fourth-order valence-electron chi connectivity index (χ4n) is 4.21. The highest BCUT2D eigenvalue weighted by molar-refractivity contribution is 7.91. The van der Waals surface area contributed by atoms with Crippen molar-refractivity contribution in [1.29, 1.82) is 0 Å². The molecule has 2 saturated heterocycles. The molecule has 4 rings (SSSR count). The summed E-state index contributed by atoms with van der Waals surface area (Å²) < 4.78 is 24.6. The average molecular weight is 376 g/mol. The maximum atomic E-state index is 13.1. The molecule has 1 aromatic carbocycles. The molecule has 0 aliphatic carbocycles. The number of aromatic nitrogens is 2. The summed E-state index contributed by atoms with van der Waals surface area (Å²) in [5.74, 6) is 0.569. The summed E-state index contributed by atoms with van der Waals surface area (Å²) >= 11 is 0. The van der Waals surface area contributed by atoms with E-state index >= 15 is 0 Å². The Balaban J connectivity index is 1.62. The monoisotopic (exact) mass is 376 g/mol. The van der Waals surface area contributed by atoms with Crippen molar-refractivity contribution < 1.29 is 13.2 Å². The number of sulfone groups is 1. The van der Waals surface area contributed by atoms with Gasteiger partial charge in [-0.15, -0.1) is 0 Å². The molecule has 2 aromatic rings. The van der Waals surface area contributed by atoms with E-state index in [1.807, 2.05) is 6.07 Å². The van der Waals surface area contributed by atoms with Crippen LogP contribution in [0.2, 0.25) is 0 Å². The van der Waals surface area contributed by atoms with E-state index in [9.17, 15) is 13.2 Å². The van der Waals surface area contributed by atoms with Crippen molar-refractivity contribution in [2.45, 2.75) is 25.9 Å². The van der Waals surface area contributed by atoms with Crippen molar-refractivity contribution in [3.63, 3.8) is 0 Å². The lowest BCUT2D eigenvalue weighted by Crippen LogP contribution is -2.61. The van der Waals surface area contributed by atoms with E-state index in [-0.39, 0.29) is 29.5 Å². The van der Waals surface area contributed by atoms with Gasteiger partial charge in [0.05, 0.1) is 34.9 Å². The van der Waals surface area contributed by atoms with Crippen molar-refractivity contribution in [2.75, 3.05) is 31.1 Å². The van der Waals surface area contributed by atoms with Crippen LogP contribution in [0.15, 0.2) is 24.5 Å². The van der Waals surface area contributed by atoms with Crippen LogP contribution in [0.1, 0.15) is 24.2 Å². The van der Waals surface area contributed by atoms with E-state index in [0.29, 0.717) is 24.6 Å². The van der Waals surface area contributed by atoms with Gasteiger partial charge in [0.15, 0.2) is 9.84 Å². The van der Waals surface area contributed by atoms with E-state index in [0.717, 1.165) is 17.6 Å². The number of carbonyl (C=O) groups excluding carboxylic acids is 1. The summed E-state index contributed by atoms with van der Waals surface area (Å²) in [5.41, 5.74) is 2.19. The zero-order chi connectivity index (χ0) is 18.5. The first kappa shape index (κ1) is 17.5. The minimum Gasteiger partial charge on any atom is -0.345 e. The number of carbonyl (C=O) groups is 1. The molecular formula is C18H24N4O3S. The minimum atomic E-state index is -3.12. The van der Waals surface area contributed by atoms with Crippen LogP contribution >= 0.6 is 0 Å². The van der Waals surface area contributed by atoms with Gasteiger partial charge in [0.1, 0.15) is 0 Å². The molecule has 0 spiro atoms. The maximum absolute atomic E-state index is 13.1. The summed E-state index contributed by atoms with van der Waals surface area (Å²) in [4.78, 5) is 24.3. The van der Waals surface area contributed by atoms with E-state index < -0.39 is 9.84 Å². The van der Waals surface area contributed by atoms with Crippen LogP contribution in [0.25, 0.3) is 11.0 Å². The lowest BCUT2D eigenvalue weighted by atomic mass is 10.0. The molecule has 1 amide bonds. The number of fused-ring (bicyclic) bond motifs is 2. The third-order valence-electron chi connectivity index (χ3n) is 5.32. The number of nitrogens with one attached hydrogen (secondary N) is 1. The van der Waals surface area contributed by atoms with Crippen molar-refractivity contribution in [2.24, 2.45) is 5.92 Å². The predicted molar refractivity (Wildman–Crippen MR) is 99.8 cm³/mol. The first-order valence-electron chi connectivity index (χ1n) is 9.02. The summed E-state index contributed by atoms with van der Waals surface area (Å²) in [6.45, 7) is 6.40. The molecule has 1 N–H and O–H groups in total. The van der Waals surface area contributed by atoms with Gasteiger partial charge in [-0.05, 0) is 24.1 Å². The number of amides is 1. The molecule has 2 unspecified atom stereocenters. The average Bonchev–Trinajstić information content (AvgIpc) is 3.16. The zero-order valence-electron chi connectivity index (χ0n) is 15.1. The fraction of sp³-hybridized carbons (Fsp3) is 0.556. The SMILES string of the molecule is CC(C)CN1CCN(C(=O)c2ccc3nc[nH]c3c2)C2CS(=O)(=O)CC21. The topological polar surface area (TPSA) is 86.4 Å². The van der Waals surface area contributed by atoms with Gasteiger partial charge >= 0.3 is 0 Å². The standard InChI is InChI=1S/C18H24N4O3S/c1-12(2)8-21-5-6-22(17-10-26(24,25)9-16(17)21)18(23)13-3-4-14-15(7-13)20-11-19-14/h3-4,7,11-12,16-17H,5-6,8-10H2,1-2H3,(H,19,20). The quantitative estimate of drug-likeness (QED) is 0.868. The number of rotatable bonds is 3. The van der Waals surface area contributed by atoms with Crippen molar-refractivity contribution in [3.05, 3.63) is 30.1 Å². The molecule has 2 fully saturated rings. The zero-order valence-corrected chi connectivity index (χ0v) is 15.9. The van der Waals surface area contributed by atoms with Crippen molar-refractivity contribution in [1.82, 2.24) is 19.8 Å². The van der Waals surface area contributed by atoms with Gasteiger partial charge < -0.3 is 9.88 Å².